The van der Waals surface area contributed by atoms with Crippen molar-refractivity contribution in [2.24, 2.45) is 0 Å². The summed E-state index contributed by atoms with van der Waals surface area (Å²) in [6.07, 6.45) is 1.20. The molecule has 15 heavy (non-hydrogen) atoms. The van der Waals surface area contributed by atoms with Gasteiger partial charge in [0.15, 0.2) is 0 Å². The fourth-order valence-corrected chi connectivity index (χ4v) is 1.85. The maximum atomic E-state index is 5.18. The SMILES string of the molecule is CCNC(C)CCN(CC)C(C)COC. The normalized spacial score (nSPS) is 15.6. The maximum Gasteiger partial charge on any atom is 0.0615 e. The van der Waals surface area contributed by atoms with E-state index in [1.807, 2.05) is 0 Å². The quantitative estimate of drug-likeness (QED) is 0.635. The van der Waals surface area contributed by atoms with Crippen molar-refractivity contribution in [1.82, 2.24) is 10.2 Å². The molecule has 0 aliphatic rings. The Hall–Kier alpha value is -0.120. The van der Waals surface area contributed by atoms with Crippen LogP contribution in [0.5, 0.6) is 0 Å². The van der Waals surface area contributed by atoms with E-state index in [0.29, 0.717) is 12.1 Å². The van der Waals surface area contributed by atoms with Crippen molar-refractivity contribution in [2.45, 2.75) is 46.2 Å². The van der Waals surface area contributed by atoms with E-state index in [9.17, 15) is 0 Å². The third-order valence-electron chi connectivity index (χ3n) is 2.84. The summed E-state index contributed by atoms with van der Waals surface area (Å²) in [7, 11) is 1.77. The predicted octanol–water partition coefficient (Wildman–Crippen LogP) is 1.73. The Morgan fingerprint density at radius 3 is 2.40 bits per heavy atom. The summed E-state index contributed by atoms with van der Waals surface area (Å²) in [5.74, 6) is 0. The molecule has 1 N–H and O–H groups in total. The molecular formula is C12H28N2O. The highest BCUT2D eigenvalue weighted by Gasteiger charge is 2.12. The fourth-order valence-electron chi connectivity index (χ4n) is 1.85. The molecule has 0 spiro atoms. The zero-order valence-electron chi connectivity index (χ0n) is 11.0. The molecule has 0 radical (unpaired) electrons. The zero-order chi connectivity index (χ0) is 11.7. The molecule has 0 aromatic carbocycles. The molecule has 0 amide bonds. The van der Waals surface area contributed by atoms with E-state index in [1.165, 1.54) is 6.42 Å². The Balaban J connectivity index is 3.78. The molecule has 0 aromatic heterocycles. The highest BCUT2D eigenvalue weighted by molar-refractivity contribution is 4.68. The fraction of sp³-hybridized carbons (Fsp3) is 1.00. The number of nitrogens with one attached hydrogen (secondary N) is 1. The summed E-state index contributed by atoms with van der Waals surface area (Å²) >= 11 is 0. The van der Waals surface area contributed by atoms with Gasteiger partial charge in [0.2, 0.25) is 0 Å². The van der Waals surface area contributed by atoms with Crippen LogP contribution in [-0.2, 0) is 4.74 Å². The van der Waals surface area contributed by atoms with Crippen molar-refractivity contribution >= 4 is 0 Å². The number of hydrogen-bond acceptors (Lipinski definition) is 3. The van der Waals surface area contributed by atoms with Gasteiger partial charge in [0.1, 0.15) is 0 Å². The number of rotatable bonds is 9. The first kappa shape index (κ1) is 14.9. The minimum absolute atomic E-state index is 0.522. The van der Waals surface area contributed by atoms with Crippen LogP contribution in [0.15, 0.2) is 0 Å². The van der Waals surface area contributed by atoms with Crippen molar-refractivity contribution in [1.29, 1.82) is 0 Å². The van der Waals surface area contributed by atoms with Crippen molar-refractivity contribution in [3.8, 4) is 0 Å². The number of nitrogens with zero attached hydrogens (tertiary/aromatic N) is 1. The lowest BCUT2D eigenvalue weighted by Crippen LogP contribution is -2.39. The van der Waals surface area contributed by atoms with Gasteiger partial charge in [-0.25, -0.2) is 0 Å². The molecule has 0 saturated carbocycles. The first-order chi connectivity index (χ1) is 7.15. The summed E-state index contributed by atoms with van der Waals surface area (Å²) in [4.78, 5) is 2.47. The number of hydrogen-bond donors (Lipinski definition) is 1. The average Bonchev–Trinajstić information content (AvgIpc) is 2.19. The number of ether oxygens (including phenoxy) is 1. The Kier molecular flexibility index (Phi) is 9.06. The van der Waals surface area contributed by atoms with E-state index in [0.717, 1.165) is 26.2 Å². The van der Waals surface area contributed by atoms with E-state index < -0.39 is 0 Å². The molecule has 0 aromatic rings. The van der Waals surface area contributed by atoms with E-state index in [-0.39, 0.29) is 0 Å². The molecule has 0 bridgehead atoms. The van der Waals surface area contributed by atoms with Crippen molar-refractivity contribution in [2.75, 3.05) is 33.4 Å². The second kappa shape index (κ2) is 9.13. The van der Waals surface area contributed by atoms with Crippen LogP contribution >= 0.6 is 0 Å². The Morgan fingerprint density at radius 1 is 1.27 bits per heavy atom. The average molecular weight is 216 g/mol. The lowest BCUT2D eigenvalue weighted by atomic mass is 10.2. The highest BCUT2D eigenvalue weighted by atomic mass is 16.5. The molecule has 0 aliphatic heterocycles. The third kappa shape index (κ3) is 6.88. The standard InChI is InChI=1S/C12H28N2O/c1-6-13-11(3)8-9-14(7-2)12(4)10-15-5/h11-13H,6-10H2,1-5H3. The smallest absolute Gasteiger partial charge is 0.0615 e. The molecule has 2 atom stereocenters. The van der Waals surface area contributed by atoms with Gasteiger partial charge < -0.3 is 10.1 Å². The van der Waals surface area contributed by atoms with Gasteiger partial charge in [0, 0.05) is 19.2 Å². The predicted molar refractivity (Wildman–Crippen MR) is 66.3 cm³/mol. The van der Waals surface area contributed by atoms with Crippen LogP contribution in [0.3, 0.4) is 0 Å². The molecule has 0 fully saturated rings. The van der Waals surface area contributed by atoms with Crippen molar-refractivity contribution in [3.63, 3.8) is 0 Å². The first-order valence-corrected chi connectivity index (χ1v) is 6.12. The highest BCUT2D eigenvalue weighted by Crippen LogP contribution is 2.02. The van der Waals surface area contributed by atoms with Gasteiger partial charge in [-0.15, -0.1) is 0 Å². The van der Waals surface area contributed by atoms with Gasteiger partial charge in [-0.3, -0.25) is 4.90 Å². The Morgan fingerprint density at radius 2 is 1.93 bits per heavy atom. The topological polar surface area (TPSA) is 24.5 Å². The van der Waals surface area contributed by atoms with Gasteiger partial charge in [-0.2, -0.15) is 0 Å². The number of likely N-dealkylation sites (N-methyl/N-ethyl adjacent to an activating group) is 1. The van der Waals surface area contributed by atoms with E-state index in [2.05, 4.69) is 37.9 Å². The molecule has 92 valence electrons. The Labute approximate surface area is 95.2 Å². The summed E-state index contributed by atoms with van der Waals surface area (Å²) < 4.78 is 5.18. The summed E-state index contributed by atoms with van der Waals surface area (Å²) in [6, 6.07) is 1.13. The Bertz CT molecular complexity index is 142. The third-order valence-corrected chi connectivity index (χ3v) is 2.84. The summed E-state index contributed by atoms with van der Waals surface area (Å²) in [6.45, 7) is 13.0. The molecule has 2 unspecified atom stereocenters. The van der Waals surface area contributed by atoms with Crippen LogP contribution in [0.25, 0.3) is 0 Å². The monoisotopic (exact) mass is 216 g/mol. The van der Waals surface area contributed by atoms with Crippen LogP contribution in [0.1, 0.15) is 34.1 Å². The molecular weight excluding hydrogens is 188 g/mol. The van der Waals surface area contributed by atoms with Crippen LogP contribution in [0, 0.1) is 0 Å². The minimum Gasteiger partial charge on any atom is -0.383 e. The van der Waals surface area contributed by atoms with E-state index in [4.69, 9.17) is 4.74 Å². The molecule has 0 saturated heterocycles. The van der Waals surface area contributed by atoms with Crippen LogP contribution in [0.2, 0.25) is 0 Å². The maximum absolute atomic E-state index is 5.18. The molecule has 0 aliphatic carbocycles. The van der Waals surface area contributed by atoms with Gasteiger partial charge in [-0.05, 0) is 39.9 Å². The second-order valence-electron chi connectivity index (χ2n) is 4.18. The van der Waals surface area contributed by atoms with Crippen LogP contribution in [-0.4, -0.2) is 50.3 Å². The summed E-state index contributed by atoms with van der Waals surface area (Å²) in [5.41, 5.74) is 0. The van der Waals surface area contributed by atoms with Crippen molar-refractivity contribution in [3.05, 3.63) is 0 Å². The van der Waals surface area contributed by atoms with E-state index >= 15 is 0 Å². The molecule has 0 rings (SSSR count). The van der Waals surface area contributed by atoms with Gasteiger partial charge in [0.05, 0.1) is 6.61 Å². The first-order valence-electron chi connectivity index (χ1n) is 6.12. The lowest BCUT2D eigenvalue weighted by Gasteiger charge is -2.28. The zero-order valence-corrected chi connectivity index (χ0v) is 11.0. The second-order valence-corrected chi connectivity index (χ2v) is 4.18. The van der Waals surface area contributed by atoms with E-state index in [1.54, 1.807) is 7.11 Å². The largest absolute Gasteiger partial charge is 0.383 e. The van der Waals surface area contributed by atoms with Crippen LogP contribution < -0.4 is 5.32 Å². The van der Waals surface area contributed by atoms with Gasteiger partial charge in [0.25, 0.3) is 0 Å². The van der Waals surface area contributed by atoms with Crippen molar-refractivity contribution < 1.29 is 4.74 Å². The minimum atomic E-state index is 0.522. The van der Waals surface area contributed by atoms with Gasteiger partial charge in [-0.1, -0.05) is 13.8 Å². The lowest BCUT2D eigenvalue weighted by molar-refractivity contribution is 0.100. The summed E-state index contributed by atoms with van der Waals surface area (Å²) in [5, 5.41) is 3.44. The molecule has 0 heterocycles. The van der Waals surface area contributed by atoms with Crippen LogP contribution in [0.4, 0.5) is 0 Å². The molecule has 3 nitrogen and oxygen atoms in total. The molecule has 3 heteroatoms. The van der Waals surface area contributed by atoms with Gasteiger partial charge >= 0.3 is 0 Å². The number of methoxy groups -OCH3 is 1.